The Balaban J connectivity index is 2.40. The summed E-state index contributed by atoms with van der Waals surface area (Å²) >= 11 is 0. The summed E-state index contributed by atoms with van der Waals surface area (Å²) in [5.74, 6) is 0.00950. The Bertz CT molecular complexity index is 157. The SMILES string of the molecule is CCOC(=O)[C@H]1C[C@H](C)[C@@H](O)C1. The summed E-state index contributed by atoms with van der Waals surface area (Å²) in [7, 11) is 0. The monoisotopic (exact) mass is 172 g/mol. The molecule has 0 bridgehead atoms. The van der Waals surface area contributed by atoms with Gasteiger partial charge in [-0.1, -0.05) is 6.92 Å². The third-order valence-corrected chi connectivity index (χ3v) is 2.46. The summed E-state index contributed by atoms with van der Waals surface area (Å²) in [5, 5.41) is 9.38. The highest BCUT2D eigenvalue weighted by Gasteiger charge is 2.34. The quantitative estimate of drug-likeness (QED) is 0.631. The molecule has 0 aromatic rings. The van der Waals surface area contributed by atoms with Crippen molar-refractivity contribution in [2.45, 2.75) is 32.8 Å². The molecule has 1 N–H and O–H groups in total. The predicted molar refractivity (Wildman–Crippen MR) is 44.5 cm³/mol. The van der Waals surface area contributed by atoms with E-state index in [2.05, 4.69) is 0 Å². The molecule has 1 rings (SSSR count). The average Bonchev–Trinajstić information content (AvgIpc) is 2.33. The first-order chi connectivity index (χ1) is 5.65. The Morgan fingerprint density at radius 3 is 2.67 bits per heavy atom. The Morgan fingerprint density at radius 2 is 2.25 bits per heavy atom. The minimum absolute atomic E-state index is 0.0741. The van der Waals surface area contributed by atoms with Crippen molar-refractivity contribution in [1.29, 1.82) is 0 Å². The van der Waals surface area contributed by atoms with E-state index in [4.69, 9.17) is 4.74 Å². The molecule has 3 nitrogen and oxygen atoms in total. The summed E-state index contributed by atoms with van der Waals surface area (Å²) in [6.07, 6.45) is 1.01. The molecule has 3 atom stereocenters. The molecule has 0 spiro atoms. The second-order valence-corrected chi connectivity index (χ2v) is 3.47. The van der Waals surface area contributed by atoms with Crippen molar-refractivity contribution in [1.82, 2.24) is 0 Å². The first kappa shape index (κ1) is 9.52. The number of rotatable bonds is 2. The summed E-state index contributed by atoms with van der Waals surface area (Å²) in [4.78, 5) is 11.2. The van der Waals surface area contributed by atoms with E-state index in [-0.39, 0.29) is 23.9 Å². The first-order valence-electron chi connectivity index (χ1n) is 4.49. The van der Waals surface area contributed by atoms with Crippen molar-refractivity contribution in [3.63, 3.8) is 0 Å². The van der Waals surface area contributed by atoms with Gasteiger partial charge in [0.05, 0.1) is 18.6 Å². The molecule has 1 saturated carbocycles. The Hall–Kier alpha value is -0.570. The number of ether oxygens (including phenoxy) is 1. The van der Waals surface area contributed by atoms with Crippen molar-refractivity contribution in [2.75, 3.05) is 6.61 Å². The fourth-order valence-corrected chi connectivity index (χ4v) is 1.68. The van der Waals surface area contributed by atoms with Gasteiger partial charge < -0.3 is 9.84 Å². The Labute approximate surface area is 72.7 Å². The van der Waals surface area contributed by atoms with E-state index in [9.17, 15) is 9.90 Å². The lowest BCUT2D eigenvalue weighted by atomic mass is 10.1. The Kier molecular flexibility index (Phi) is 3.09. The van der Waals surface area contributed by atoms with Crippen LogP contribution >= 0.6 is 0 Å². The van der Waals surface area contributed by atoms with E-state index < -0.39 is 0 Å². The number of carbonyl (C=O) groups excluding carboxylic acids is 1. The van der Waals surface area contributed by atoms with Crippen LogP contribution in [0.1, 0.15) is 26.7 Å². The second kappa shape index (κ2) is 3.90. The van der Waals surface area contributed by atoms with E-state index in [1.165, 1.54) is 0 Å². The van der Waals surface area contributed by atoms with Gasteiger partial charge in [0.15, 0.2) is 0 Å². The van der Waals surface area contributed by atoms with Crippen molar-refractivity contribution < 1.29 is 14.6 Å². The molecular weight excluding hydrogens is 156 g/mol. The summed E-state index contributed by atoms with van der Waals surface area (Å²) in [5.41, 5.74) is 0. The van der Waals surface area contributed by atoms with Crippen LogP contribution in [0.5, 0.6) is 0 Å². The third-order valence-electron chi connectivity index (χ3n) is 2.46. The normalized spacial score (nSPS) is 35.1. The molecule has 70 valence electrons. The fraction of sp³-hybridized carbons (Fsp3) is 0.889. The molecule has 1 aliphatic rings. The molecule has 12 heavy (non-hydrogen) atoms. The van der Waals surface area contributed by atoms with Crippen LogP contribution in [-0.4, -0.2) is 23.8 Å². The molecule has 0 aromatic heterocycles. The van der Waals surface area contributed by atoms with Crippen LogP contribution in [0.15, 0.2) is 0 Å². The van der Waals surface area contributed by atoms with Crippen molar-refractivity contribution in [3.05, 3.63) is 0 Å². The van der Waals surface area contributed by atoms with Gasteiger partial charge >= 0.3 is 5.97 Å². The van der Waals surface area contributed by atoms with Crippen molar-refractivity contribution in [3.8, 4) is 0 Å². The molecule has 0 saturated heterocycles. The zero-order valence-corrected chi connectivity index (χ0v) is 7.62. The third kappa shape index (κ3) is 1.97. The standard InChI is InChI=1S/C9H16O3/c1-3-12-9(11)7-4-6(2)8(10)5-7/h6-8,10H,3-5H2,1-2H3/t6-,7-,8-/m0/s1. The van der Waals surface area contributed by atoms with Gasteiger partial charge in [0.1, 0.15) is 0 Å². The molecule has 0 amide bonds. The summed E-state index contributed by atoms with van der Waals surface area (Å²) in [6.45, 7) is 4.19. The van der Waals surface area contributed by atoms with Crippen molar-refractivity contribution >= 4 is 5.97 Å². The molecule has 0 radical (unpaired) electrons. The van der Waals surface area contributed by atoms with Crippen molar-refractivity contribution in [2.24, 2.45) is 11.8 Å². The molecule has 0 aromatic carbocycles. The highest BCUT2D eigenvalue weighted by Crippen LogP contribution is 2.31. The van der Waals surface area contributed by atoms with Gasteiger partial charge in [0, 0.05) is 0 Å². The summed E-state index contributed by atoms with van der Waals surface area (Å²) in [6, 6.07) is 0. The van der Waals surface area contributed by atoms with Gasteiger partial charge in [0.2, 0.25) is 0 Å². The number of hydrogen-bond donors (Lipinski definition) is 1. The lowest BCUT2D eigenvalue weighted by molar-refractivity contribution is -0.148. The minimum Gasteiger partial charge on any atom is -0.466 e. The maximum absolute atomic E-state index is 11.2. The number of aliphatic hydroxyl groups excluding tert-OH is 1. The van der Waals surface area contributed by atoms with Gasteiger partial charge in [-0.3, -0.25) is 4.79 Å². The van der Waals surface area contributed by atoms with Crippen LogP contribution in [0.25, 0.3) is 0 Å². The van der Waals surface area contributed by atoms with Crippen LogP contribution in [-0.2, 0) is 9.53 Å². The highest BCUT2D eigenvalue weighted by atomic mass is 16.5. The average molecular weight is 172 g/mol. The highest BCUT2D eigenvalue weighted by molar-refractivity contribution is 5.72. The zero-order valence-electron chi connectivity index (χ0n) is 7.62. The molecule has 0 unspecified atom stereocenters. The van der Waals surface area contributed by atoms with E-state index in [0.29, 0.717) is 13.0 Å². The van der Waals surface area contributed by atoms with Crippen LogP contribution in [0.3, 0.4) is 0 Å². The molecule has 0 aliphatic heterocycles. The lowest BCUT2D eigenvalue weighted by Crippen LogP contribution is -2.15. The molecule has 1 fully saturated rings. The first-order valence-corrected chi connectivity index (χ1v) is 4.49. The topological polar surface area (TPSA) is 46.5 Å². The Morgan fingerprint density at radius 1 is 1.58 bits per heavy atom. The number of carbonyl (C=O) groups is 1. The van der Waals surface area contributed by atoms with Gasteiger partial charge in [-0.05, 0) is 25.7 Å². The maximum Gasteiger partial charge on any atom is 0.309 e. The molecule has 0 heterocycles. The molecule has 1 aliphatic carbocycles. The van der Waals surface area contributed by atoms with E-state index in [0.717, 1.165) is 6.42 Å². The van der Waals surface area contributed by atoms with Gasteiger partial charge in [-0.25, -0.2) is 0 Å². The molecule has 3 heteroatoms. The van der Waals surface area contributed by atoms with Crippen LogP contribution in [0.4, 0.5) is 0 Å². The van der Waals surface area contributed by atoms with Gasteiger partial charge in [-0.15, -0.1) is 0 Å². The molecular formula is C9H16O3. The van der Waals surface area contributed by atoms with Gasteiger partial charge in [0.25, 0.3) is 0 Å². The minimum atomic E-state index is -0.320. The van der Waals surface area contributed by atoms with Crippen LogP contribution < -0.4 is 0 Å². The van der Waals surface area contributed by atoms with E-state index >= 15 is 0 Å². The van der Waals surface area contributed by atoms with Crippen LogP contribution in [0, 0.1) is 11.8 Å². The number of esters is 1. The predicted octanol–water partition coefficient (Wildman–Crippen LogP) is 0.957. The number of aliphatic hydroxyl groups is 1. The van der Waals surface area contributed by atoms with E-state index in [1.807, 2.05) is 6.92 Å². The summed E-state index contributed by atoms with van der Waals surface area (Å²) < 4.78 is 4.87. The maximum atomic E-state index is 11.2. The zero-order chi connectivity index (χ0) is 9.14. The van der Waals surface area contributed by atoms with Crippen LogP contribution in [0.2, 0.25) is 0 Å². The second-order valence-electron chi connectivity index (χ2n) is 3.47. The number of hydrogen-bond acceptors (Lipinski definition) is 3. The smallest absolute Gasteiger partial charge is 0.309 e. The fourth-order valence-electron chi connectivity index (χ4n) is 1.68. The largest absolute Gasteiger partial charge is 0.466 e. The van der Waals surface area contributed by atoms with Gasteiger partial charge in [-0.2, -0.15) is 0 Å². The van der Waals surface area contributed by atoms with E-state index in [1.54, 1.807) is 6.92 Å². The lowest BCUT2D eigenvalue weighted by Gasteiger charge is -2.06.